The molecule has 0 spiro atoms. The third-order valence-electron chi connectivity index (χ3n) is 6.93. The summed E-state index contributed by atoms with van der Waals surface area (Å²) in [6.45, 7) is 0.357. The lowest BCUT2D eigenvalue weighted by Gasteiger charge is -2.17. The van der Waals surface area contributed by atoms with Gasteiger partial charge in [-0.25, -0.2) is 4.79 Å². The topological polar surface area (TPSA) is 85.2 Å². The monoisotopic (exact) mass is 515 g/mol. The second-order valence-electron chi connectivity index (χ2n) is 9.19. The first kappa shape index (κ1) is 25.2. The molecule has 8 heteroatoms. The highest BCUT2D eigenvalue weighted by Gasteiger charge is 2.37. The molecule has 0 saturated carbocycles. The summed E-state index contributed by atoms with van der Waals surface area (Å²) in [5.41, 5.74) is 2.68. The van der Waals surface area contributed by atoms with E-state index in [0.29, 0.717) is 42.4 Å². The molecule has 196 valence electrons. The smallest absolute Gasteiger partial charge is 0.424 e. The van der Waals surface area contributed by atoms with Crippen LogP contribution in [0.2, 0.25) is 0 Å². The summed E-state index contributed by atoms with van der Waals surface area (Å²) < 4.78 is 28.8. The van der Waals surface area contributed by atoms with Crippen molar-refractivity contribution in [1.29, 1.82) is 0 Å². The van der Waals surface area contributed by atoms with Gasteiger partial charge in [0.2, 0.25) is 0 Å². The number of benzene rings is 3. The Labute approximate surface area is 220 Å². The summed E-state index contributed by atoms with van der Waals surface area (Å²) in [5.74, 6) is 1.49. The summed E-state index contributed by atoms with van der Waals surface area (Å²) in [6, 6.07) is 20.5. The van der Waals surface area contributed by atoms with Crippen LogP contribution >= 0.6 is 0 Å². The largest absolute Gasteiger partial charge is 0.493 e. The second kappa shape index (κ2) is 10.9. The molecule has 5 rings (SSSR count). The number of carbonyl (C=O) groups excluding carboxylic acids is 2. The van der Waals surface area contributed by atoms with Crippen LogP contribution in [0, 0.1) is 11.8 Å². The van der Waals surface area contributed by atoms with Crippen molar-refractivity contribution in [2.75, 3.05) is 27.9 Å². The molecule has 1 aliphatic heterocycles. The van der Waals surface area contributed by atoms with E-state index in [1.165, 1.54) is 11.7 Å². The van der Waals surface area contributed by atoms with E-state index in [9.17, 15) is 9.59 Å². The number of aromatic nitrogens is 1. The zero-order valence-electron chi connectivity index (χ0n) is 21.5. The normalized spacial score (nSPS) is 16.8. The molecular weight excluding hydrogens is 486 g/mol. The molecule has 1 aliphatic rings. The number of esters is 1. The quantitative estimate of drug-likeness (QED) is 0.295. The molecule has 1 aromatic heterocycles. The fourth-order valence-corrected chi connectivity index (χ4v) is 4.93. The zero-order valence-corrected chi connectivity index (χ0v) is 21.5. The second-order valence-corrected chi connectivity index (χ2v) is 9.19. The van der Waals surface area contributed by atoms with Crippen molar-refractivity contribution < 1.29 is 33.3 Å². The molecule has 1 fully saturated rings. The van der Waals surface area contributed by atoms with Crippen LogP contribution in [0.1, 0.15) is 11.1 Å². The van der Waals surface area contributed by atoms with Crippen molar-refractivity contribution in [3.8, 4) is 23.0 Å². The van der Waals surface area contributed by atoms with E-state index in [1.54, 1.807) is 32.5 Å². The first-order chi connectivity index (χ1) is 18.5. The Kier molecular flexibility index (Phi) is 7.22. The van der Waals surface area contributed by atoms with Crippen molar-refractivity contribution in [2.24, 2.45) is 11.8 Å². The zero-order chi connectivity index (χ0) is 26.6. The van der Waals surface area contributed by atoms with Gasteiger partial charge in [-0.15, -0.1) is 0 Å². The number of nitrogens with zero attached hydrogens (tertiary/aromatic N) is 1. The highest BCUT2D eigenvalue weighted by atomic mass is 16.6. The third kappa shape index (κ3) is 5.02. The lowest BCUT2D eigenvalue weighted by atomic mass is 9.85. The maximum Gasteiger partial charge on any atom is 0.424 e. The van der Waals surface area contributed by atoms with Crippen molar-refractivity contribution in [3.63, 3.8) is 0 Å². The molecule has 2 heterocycles. The van der Waals surface area contributed by atoms with Gasteiger partial charge in [-0.05, 0) is 60.4 Å². The highest BCUT2D eigenvalue weighted by Crippen LogP contribution is 2.35. The molecule has 0 N–H and O–H groups in total. The van der Waals surface area contributed by atoms with E-state index < -0.39 is 6.09 Å². The number of rotatable bonds is 8. The van der Waals surface area contributed by atoms with Gasteiger partial charge < -0.3 is 23.7 Å². The van der Waals surface area contributed by atoms with E-state index in [-0.39, 0.29) is 17.8 Å². The van der Waals surface area contributed by atoms with Gasteiger partial charge in [0.05, 0.1) is 39.4 Å². The molecule has 3 aromatic carbocycles. The van der Waals surface area contributed by atoms with Crippen molar-refractivity contribution in [3.05, 3.63) is 84.1 Å². The molecule has 8 nitrogen and oxygen atoms in total. The summed E-state index contributed by atoms with van der Waals surface area (Å²) in [4.78, 5) is 25.5. The van der Waals surface area contributed by atoms with Crippen LogP contribution in [0.25, 0.3) is 10.9 Å². The first-order valence-electron chi connectivity index (χ1n) is 12.3. The van der Waals surface area contributed by atoms with Crippen LogP contribution in [0.3, 0.4) is 0 Å². The average molecular weight is 516 g/mol. The first-order valence-corrected chi connectivity index (χ1v) is 12.3. The van der Waals surface area contributed by atoms with Crippen molar-refractivity contribution in [1.82, 2.24) is 4.57 Å². The Hall–Kier alpha value is -4.46. The molecule has 1 saturated heterocycles. The fourth-order valence-electron chi connectivity index (χ4n) is 4.93. The van der Waals surface area contributed by atoms with Crippen molar-refractivity contribution in [2.45, 2.75) is 12.8 Å². The van der Waals surface area contributed by atoms with Gasteiger partial charge in [-0.1, -0.05) is 30.3 Å². The minimum absolute atomic E-state index is 0.00567. The van der Waals surface area contributed by atoms with Gasteiger partial charge in [0.25, 0.3) is 0 Å². The third-order valence-corrected chi connectivity index (χ3v) is 6.93. The number of fused-ring (bicyclic) bond motifs is 1. The lowest BCUT2D eigenvalue weighted by Crippen LogP contribution is -2.21. The van der Waals surface area contributed by atoms with Gasteiger partial charge >= 0.3 is 12.1 Å². The Morgan fingerprint density at radius 2 is 1.50 bits per heavy atom. The number of ether oxygens (including phenoxy) is 5. The van der Waals surface area contributed by atoms with E-state index >= 15 is 0 Å². The molecule has 0 bridgehead atoms. The van der Waals surface area contributed by atoms with Crippen LogP contribution < -0.4 is 18.9 Å². The average Bonchev–Trinajstić information content (AvgIpc) is 3.53. The van der Waals surface area contributed by atoms with Crippen molar-refractivity contribution >= 4 is 23.0 Å². The van der Waals surface area contributed by atoms with Gasteiger partial charge in [0.1, 0.15) is 0 Å². The molecule has 4 aromatic rings. The van der Waals surface area contributed by atoms with E-state index in [4.69, 9.17) is 23.7 Å². The molecule has 38 heavy (non-hydrogen) atoms. The van der Waals surface area contributed by atoms with E-state index in [2.05, 4.69) is 0 Å². The van der Waals surface area contributed by atoms with Gasteiger partial charge in [-0.3, -0.25) is 9.36 Å². The predicted octanol–water partition coefficient (Wildman–Crippen LogP) is 5.29. The van der Waals surface area contributed by atoms with E-state index in [0.717, 1.165) is 22.0 Å². The number of para-hydroxylation sites is 1. The number of hydrogen-bond acceptors (Lipinski definition) is 7. The predicted molar refractivity (Wildman–Crippen MR) is 141 cm³/mol. The molecule has 2 atom stereocenters. The van der Waals surface area contributed by atoms with Gasteiger partial charge in [0.15, 0.2) is 23.0 Å². The Morgan fingerprint density at radius 1 is 0.842 bits per heavy atom. The summed E-state index contributed by atoms with van der Waals surface area (Å²) in [6.07, 6.45) is 2.28. The Bertz CT molecular complexity index is 1470. The summed E-state index contributed by atoms with van der Waals surface area (Å²) in [7, 11) is 4.72. The van der Waals surface area contributed by atoms with Crippen LogP contribution in [-0.4, -0.2) is 44.6 Å². The fraction of sp³-hybridized carbons (Fsp3) is 0.267. The molecule has 0 radical (unpaired) electrons. The molecule has 0 amide bonds. The van der Waals surface area contributed by atoms with E-state index in [1.807, 2.05) is 54.6 Å². The van der Waals surface area contributed by atoms with Crippen LogP contribution in [0.15, 0.2) is 72.9 Å². The van der Waals surface area contributed by atoms with Crippen LogP contribution in [0.4, 0.5) is 4.79 Å². The standard InChI is InChI=1S/C30H29NO7/c1-34-25-10-8-19(16-27(25)35-2)14-22-18-37-29(32)23(22)15-20-9-11-26(28(17-20)36-3)38-30(33)31-13-12-21-6-4-5-7-24(21)31/h4-13,16-17,22-23H,14-15,18H2,1-3H3/t22-,23+/m0/s1. The number of cyclic esters (lactones) is 1. The molecule has 0 unspecified atom stereocenters. The maximum atomic E-state index is 12.9. The lowest BCUT2D eigenvalue weighted by molar-refractivity contribution is -0.141. The molecular formula is C30H29NO7. The minimum atomic E-state index is -0.536. The summed E-state index contributed by atoms with van der Waals surface area (Å²) >= 11 is 0. The Morgan fingerprint density at radius 3 is 2.24 bits per heavy atom. The van der Waals surface area contributed by atoms with Crippen LogP contribution in [0.5, 0.6) is 23.0 Å². The number of hydrogen-bond donors (Lipinski definition) is 0. The molecule has 0 aliphatic carbocycles. The highest BCUT2D eigenvalue weighted by molar-refractivity contribution is 5.90. The maximum absolute atomic E-state index is 12.9. The minimum Gasteiger partial charge on any atom is -0.493 e. The van der Waals surface area contributed by atoms with Crippen LogP contribution in [-0.2, 0) is 22.4 Å². The number of methoxy groups -OCH3 is 3. The SMILES string of the molecule is COc1ccc(C[C@H]2COC(=O)[C@@H]2Cc2ccc(OC(=O)n3ccc4ccccc43)c(OC)c2)cc1OC. The number of carbonyl (C=O) groups is 2. The Balaban J connectivity index is 1.31. The van der Waals surface area contributed by atoms with Gasteiger partial charge in [-0.2, -0.15) is 0 Å². The summed E-state index contributed by atoms with van der Waals surface area (Å²) in [5, 5.41) is 0.942. The van der Waals surface area contributed by atoms with Gasteiger partial charge in [0, 0.05) is 17.5 Å².